The van der Waals surface area contributed by atoms with Crippen molar-refractivity contribution in [2.45, 2.75) is 25.7 Å². The van der Waals surface area contributed by atoms with E-state index in [1.165, 1.54) is 4.31 Å². The van der Waals surface area contributed by atoms with Crippen LogP contribution in [0.3, 0.4) is 0 Å². The molecule has 0 radical (unpaired) electrons. The lowest BCUT2D eigenvalue weighted by atomic mass is 9.98. The first kappa shape index (κ1) is 21.4. The Labute approximate surface area is 169 Å². The molecule has 1 fully saturated rings. The molecule has 2 aromatic carbocycles. The van der Waals surface area contributed by atoms with E-state index in [-0.39, 0.29) is 18.0 Å². The van der Waals surface area contributed by atoms with E-state index < -0.39 is 33.5 Å². The first-order chi connectivity index (χ1) is 13.8. The molecule has 0 spiro atoms. The molecular weight excluding hydrogens is 398 g/mol. The standard InChI is InChI=1S/C21H24F2N2O3S/c22-18-10-11-20(19(23)14-18)24-21(26)17-9-4-12-25(15-17)29(27,28)13-5-8-16-6-2-1-3-7-16/h1-3,6-7,10-11,14,17H,4-5,8-9,12-13,15H2,(H,24,26)/t17-/m1/s1. The van der Waals surface area contributed by atoms with Crippen LogP contribution in [0.4, 0.5) is 14.5 Å². The number of hydrogen-bond donors (Lipinski definition) is 1. The summed E-state index contributed by atoms with van der Waals surface area (Å²) in [7, 11) is -3.48. The zero-order chi connectivity index (χ0) is 20.9. The molecule has 1 saturated heterocycles. The second-order valence-corrected chi connectivity index (χ2v) is 9.30. The summed E-state index contributed by atoms with van der Waals surface area (Å²) >= 11 is 0. The molecule has 0 aliphatic carbocycles. The van der Waals surface area contributed by atoms with Gasteiger partial charge >= 0.3 is 0 Å². The third-order valence-corrected chi connectivity index (χ3v) is 6.97. The summed E-state index contributed by atoms with van der Waals surface area (Å²) in [6.07, 6.45) is 2.24. The van der Waals surface area contributed by atoms with Crippen LogP contribution in [0, 0.1) is 17.6 Å². The summed E-state index contributed by atoms with van der Waals surface area (Å²) in [5.41, 5.74) is 0.971. The van der Waals surface area contributed by atoms with Gasteiger partial charge in [-0.05, 0) is 43.4 Å². The van der Waals surface area contributed by atoms with Crippen molar-refractivity contribution < 1.29 is 22.0 Å². The van der Waals surface area contributed by atoms with Crippen LogP contribution >= 0.6 is 0 Å². The van der Waals surface area contributed by atoms with Crippen LogP contribution < -0.4 is 5.32 Å². The van der Waals surface area contributed by atoms with Gasteiger partial charge in [0, 0.05) is 19.2 Å². The van der Waals surface area contributed by atoms with Gasteiger partial charge in [-0.25, -0.2) is 21.5 Å². The fourth-order valence-electron chi connectivity index (χ4n) is 3.47. The lowest BCUT2D eigenvalue weighted by molar-refractivity contribution is -0.120. The second-order valence-electron chi connectivity index (χ2n) is 7.22. The van der Waals surface area contributed by atoms with E-state index in [0.29, 0.717) is 38.3 Å². The molecule has 1 amide bonds. The Morgan fingerprint density at radius 3 is 2.62 bits per heavy atom. The second kappa shape index (κ2) is 9.45. The van der Waals surface area contributed by atoms with Gasteiger partial charge in [-0.2, -0.15) is 0 Å². The SMILES string of the molecule is O=C(Nc1ccc(F)cc1F)[C@@H]1CCCN(S(=O)(=O)CCCc2ccccc2)C1. The summed E-state index contributed by atoms with van der Waals surface area (Å²) in [5.74, 6) is -2.61. The number of piperidine rings is 1. The van der Waals surface area contributed by atoms with E-state index in [0.717, 1.165) is 17.7 Å². The average Bonchev–Trinajstić information content (AvgIpc) is 2.71. The number of nitrogens with zero attached hydrogens (tertiary/aromatic N) is 1. The van der Waals surface area contributed by atoms with E-state index in [2.05, 4.69) is 5.32 Å². The van der Waals surface area contributed by atoms with Crippen LogP contribution in [0.25, 0.3) is 0 Å². The first-order valence-corrected chi connectivity index (χ1v) is 11.2. The molecule has 156 valence electrons. The lowest BCUT2D eigenvalue weighted by Gasteiger charge is -2.31. The Kier molecular flexibility index (Phi) is 6.97. The number of sulfonamides is 1. The fraction of sp³-hybridized carbons (Fsp3) is 0.381. The van der Waals surface area contributed by atoms with Crippen LogP contribution in [-0.2, 0) is 21.2 Å². The van der Waals surface area contributed by atoms with Gasteiger partial charge in [-0.3, -0.25) is 4.79 Å². The largest absolute Gasteiger partial charge is 0.323 e. The molecule has 1 N–H and O–H groups in total. The smallest absolute Gasteiger partial charge is 0.228 e. The Bertz CT molecular complexity index is 952. The predicted molar refractivity (Wildman–Crippen MR) is 108 cm³/mol. The normalized spacial score (nSPS) is 17.8. The number of hydrogen-bond acceptors (Lipinski definition) is 3. The highest BCUT2D eigenvalue weighted by molar-refractivity contribution is 7.89. The van der Waals surface area contributed by atoms with Crippen molar-refractivity contribution in [1.29, 1.82) is 0 Å². The highest BCUT2D eigenvalue weighted by Gasteiger charge is 2.32. The van der Waals surface area contributed by atoms with Crippen molar-refractivity contribution in [2.24, 2.45) is 5.92 Å². The molecule has 29 heavy (non-hydrogen) atoms. The van der Waals surface area contributed by atoms with E-state index in [1.807, 2.05) is 30.3 Å². The Hall–Kier alpha value is -2.32. The van der Waals surface area contributed by atoms with Gasteiger partial charge in [0.2, 0.25) is 15.9 Å². The monoisotopic (exact) mass is 422 g/mol. The van der Waals surface area contributed by atoms with Gasteiger partial charge in [0.05, 0.1) is 17.4 Å². The number of nitrogens with one attached hydrogen (secondary N) is 1. The Morgan fingerprint density at radius 1 is 1.14 bits per heavy atom. The number of carbonyl (C=O) groups is 1. The maximum absolute atomic E-state index is 13.8. The molecule has 0 aromatic heterocycles. The summed E-state index contributed by atoms with van der Waals surface area (Å²) in [4.78, 5) is 12.5. The molecule has 0 saturated carbocycles. The van der Waals surface area contributed by atoms with Crippen molar-refractivity contribution in [3.05, 3.63) is 65.7 Å². The lowest BCUT2D eigenvalue weighted by Crippen LogP contribution is -2.44. The molecular formula is C21H24F2N2O3S. The Morgan fingerprint density at radius 2 is 1.90 bits per heavy atom. The number of rotatable bonds is 7. The number of aryl methyl sites for hydroxylation is 1. The quantitative estimate of drug-likeness (QED) is 0.742. The molecule has 1 aliphatic heterocycles. The van der Waals surface area contributed by atoms with Crippen LogP contribution in [-0.4, -0.2) is 37.5 Å². The summed E-state index contributed by atoms with van der Waals surface area (Å²) < 4.78 is 53.5. The predicted octanol–water partition coefficient (Wildman–Crippen LogP) is 3.58. The molecule has 5 nitrogen and oxygen atoms in total. The van der Waals surface area contributed by atoms with Crippen molar-refractivity contribution >= 4 is 21.6 Å². The summed E-state index contributed by atoms with van der Waals surface area (Å²) in [6, 6.07) is 12.6. The number of amides is 1. The molecule has 0 unspecified atom stereocenters. The third kappa shape index (κ3) is 5.83. The van der Waals surface area contributed by atoms with Gasteiger partial charge in [-0.1, -0.05) is 30.3 Å². The zero-order valence-corrected chi connectivity index (χ0v) is 16.8. The van der Waals surface area contributed by atoms with Crippen LogP contribution in [0.15, 0.2) is 48.5 Å². The molecule has 1 atom stereocenters. The number of halogens is 2. The molecule has 0 bridgehead atoms. The first-order valence-electron chi connectivity index (χ1n) is 9.63. The van der Waals surface area contributed by atoms with Gasteiger partial charge < -0.3 is 5.32 Å². The van der Waals surface area contributed by atoms with Crippen LogP contribution in [0.5, 0.6) is 0 Å². The molecule has 1 aliphatic rings. The minimum Gasteiger partial charge on any atom is -0.323 e. The average molecular weight is 422 g/mol. The molecule has 8 heteroatoms. The van der Waals surface area contributed by atoms with Crippen molar-refractivity contribution in [1.82, 2.24) is 4.31 Å². The summed E-state index contributed by atoms with van der Waals surface area (Å²) in [6.45, 7) is 0.449. The van der Waals surface area contributed by atoms with Crippen molar-refractivity contribution in [2.75, 3.05) is 24.2 Å². The van der Waals surface area contributed by atoms with E-state index in [9.17, 15) is 22.0 Å². The van der Waals surface area contributed by atoms with E-state index in [4.69, 9.17) is 0 Å². The number of anilines is 1. The van der Waals surface area contributed by atoms with E-state index >= 15 is 0 Å². The third-order valence-electron chi connectivity index (χ3n) is 5.05. The Balaban J connectivity index is 1.56. The van der Waals surface area contributed by atoms with Gasteiger partial charge in [0.1, 0.15) is 11.6 Å². The molecule has 2 aromatic rings. The van der Waals surface area contributed by atoms with Crippen molar-refractivity contribution in [3.63, 3.8) is 0 Å². The molecule has 1 heterocycles. The minimum atomic E-state index is -3.48. The van der Waals surface area contributed by atoms with E-state index in [1.54, 1.807) is 0 Å². The zero-order valence-electron chi connectivity index (χ0n) is 16.0. The minimum absolute atomic E-state index is 0.0167. The number of carbonyl (C=O) groups excluding carboxylic acids is 1. The number of benzene rings is 2. The van der Waals surface area contributed by atoms with Crippen molar-refractivity contribution in [3.8, 4) is 0 Å². The van der Waals surface area contributed by atoms with Gasteiger partial charge in [0.25, 0.3) is 0 Å². The van der Waals surface area contributed by atoms with Crippen LogP contribution in [0.2, 0.25) is 0 Å². The maximum Gasteiger partial charge on any atom is 0.228 e. The maximum atomic E-state index is 13.8. The van der Waals surface area contributed by atoms with Gasteiger partial charge in [0.15, 0.2) is 0 Å². The van der Waals surface area contributed by atoms with Crippen LogP contribution in [0.1, 0.15) is 24.8 Å². The highest BCUT2D eigenvalue weighted by Crippen LogP contribution is 2.23. The fourth-order valence-corrected chi connectivity index (χ4v) is 5.05. The summed E-state index contributed by atoms with van der Waals surface area (Å²) in [5, 5.41) is 2.44. The molecule has 3 rings (SSSR count). The highest BCUT2D eigenvalue weighted by atomic mass is 32.2. The topological polar surface area (TPSA) is 66.5 Å². The van der Waals surface area contributed by atoms with Gasteiger partial charge in [-0.15, -0.1) is 0 Å².